The maximum Gasteiger partial charge on any atom is 0.335 e. The van der Waals surface area contributed by atoms with E-state index in [4.69, 9.17) is 0 Å². The number of pyridine rings is 3. The third-order valence-corrected chi connectivity index (χ3v) is 7.61. The highest BCUT2D eigenvalue weighted by atomic mass is 32.1. The quantitative estimate of drug-likeness (QED) is 0.190. The van der Waals surface area contributed by atoms with Crippen LogP contribution in [0.5, 0.6) is 0 Å². The Morgan fingerprint density at radius 1 is 0.595 bits per heavy atom. The summed E-state index contributed by atoms with van der Waals surface area (Å²) in [7, 11) is 0. The first kappa shape index (κ1) is 26.5. The molecule has 6 rings (SSSR count). The summed E-state index contributed by atoms with van der Waals surface area (Å²) in [6.45, 7) is 0. The largest absolute Gasteiger partial charge is 0.478 e. The van der Waals surface area contributed by atoms with E-state index < -0.39 is 11.9 Å². The summed E-state index contributed by atoms with van der Waals surface area (Å²) in [6.07, 6.45) is 3.02. The Morgan fingerprint density at radius 2 is 1.14 bits per heavy atom. The van der Waals surface area contributed by atoms with Crippen molar-refractivity contribution in [1.82, 2.24) is 15.0 Å². The van der Waals surface area contributed by atoms with Gasteiger partial charge >= 0.3 is 11.9 Å². The van der Waals surface area contributed by atoms with E-state index in [0.29, 0.717) is 11.4 Å². The fourth-order valence-corrected chi connectivity index (χ4v) is 5.55. The number of rotatable bonds is 8. The third-order valence-electron chi connectivity index (χ3n) is 6.49. The minimum absolute atomic E-state index is 0.00972. The van der Waals surface area contributed by atoms with Crippen molar-refractivity contribution in [3.63, 3.8) is 0 Å². The molecule has 0 radical (unpaired) electrons. The molecule has 0 amide bonds. The number of hydrogen-bond donors (Lipinski definition) is 2. The number of thiophene rings is 1. The molecule has 42 heavy (non-hydrogen) atoms. The van der Waals surface area contributed by atoms with Gasteiger partial charge in [0.25, 0.3) is 0 Å². The van der Waals surface area contributed by atoms with Gasteiger partial charge in [-0.2, -0.15) is 0 Å². The molecule has 0 unspecified atom stereocenters. The summed E-state index contributed by atoms with van der Waals surface area (Å²) in [6, 6.07) is 33.7. The number of anilines is 3. The molecule has 4 aromatic heterocycles. The minimum Gasteiger partial charge on any atom is -0.478 e. The second-order valence-corrected chi connectivity index (χ2v) is 10.3. The van der Waals surface area contributed by atoms with Crippen molar-refractivity contribution in [2.45, 2.75) is 0 Å². The molecule has 6 aromatic rings. The van der Waals surface area contributed by atoms with Crippen LogP contribution in [0.3, 0.4) is 0 Å². The van der Waals surface area contributed by atoms with E-state index in [1.165, 1.54) is 30.5 Å². The standard InChI is InChI=1S/C33H22N4O4S/c38-32(39)22-14-16-35-27(18-22)29-20-23(33(40)41)19-28(36-29)26-17-21(13-15-34-26)30-11-12-31(42-30)37(24-7-3-1-4-8-24)25-9-5-2-6-10-25/h1-20H,(H,38,39)(H,40,41). The summed E-state index contributed by atoms with van der Waals surface area (Å²) < 4.78 is 0. The zero-order valence-electron chi connectivity index (χ0n) is 22.0. The smallest absolute Gasteiger partial charge is 0.335 e. The summed E-state index contributed by atoms with van der Waals surface area (Å²) in [4.78, 5) is 39.9. The zero-order chi connectivity index (χ0) is 29.1. The molecule has 4 heterocycles. The molecule has 0 aliphatic carbocycles. The number of aromatic nitrogens is 3. The average molecular weight is 571 g/mol. The van der Waals surface area contributed by atoms with Crippen molar-refractivity contribution >= 4 is 39.7 Å². The summed E-state index contributed by atoms with van der Waals surface area (Å²) in [5.41, 5.74) is 4.28. The molecule has 0 saturated heterocycles. The van der Waals surface area contributed by atoms with E-state index in [0.717, 1.165) is 26.8 Å². The predicted octanol–water partition coefficient (Wildman–Crippen LogP) is 7.80. The van der Waals surface area contributed by atoms with Crippen LogP contribution in [0.15, 0.2) is 122 Å². The Kier molecular flexibility index (Phi) is 7.23. The molecule has 2 aromatic carbocycles. The van der Waals surface area contributed by atoms with Gasteiger partial charge in [0.05, 0.1) is 33.9 Å². The Morgan fingerprint density at radius 3 is 1.74 bits per heavy atom. The van der Waals surface area contributed by atoms with Crippen LogP contribution in [-0.2, 0) is 0 Å². The molecule has 204 valence electrons. The van der Waals surface area contributed by atoms with E-state index in [-0.39, 0.29) is 22.5 Å². The highest BCUT2D eigenvalue weighted by Crippen LogP contribution is 2.42. The highest BCUT2D eigenvalue weighted by Gasteiger charge is 2.17. The Bertz CT molecular complexity index is 1870. The first-order chi connectivity index (χ1) is 20.5. The van der Waals surface area contributed by atoms with Crippen molar-refractivity contribution in [2.75, 3.05) is 4.90 Å². The number of carboxylic acid groups (broad SMARTS) is 2. The van der Waals surface area contributed by atoms with E-state index in [9.17, 15) is 19.8 Å². The van der Waals surface area contributed by atoms with Crippen LogP contribution in [0.4, 0.5) is 16.4 Å². The predicted molar refractivity (Wildman–Crippen MR) is 163 cm³/mol. The van der Waals surface area contributed by atoms with Crippen molar-refractivity contribution in [3.05, 3.63) is 133 Å². The topological polar surface area (TPSA) is 117 Å². The first-order valence-corrected chi connectivity index (χ1v) is 13.7. The molecular weight excluding hydrogens is 548 g/mol. The van der Waals surface area contributed by atoms with Crippen LogP contribution < -0.4 is 4.90 Å². The number of hydrogen-bond acceptors (Lipinski definition) is 7. The molecule has 0 saturated carbocycles. The lowest BCUT2D eigenvalue weighted by molar-refractivity contribution is 0.0686. The lowest BCUT2D eigenvalue weighted by atomic mass is 10.1. The molecule has 0 fully saturated rings. The zero-order valence-corrected chi connectivity index (χ0v) is 22.8. The molecule has 8 nitrogen and oxygen atoms in total. The van der Waals surface area contributed by atoms with Gasteiger partial charge in [0, 0.05) is 28.6 Å². The second kappa shape index (κ2) is 11.4. The second-order valence-electron chi connectivity index (χ2n) is 9.24. The number of nitrogens with zero attached hydrogens (tertiary/aromatic N) is 4. The fourth-order valence-electron chi connectivity index (χ4n) is 4.50. The van der Waals surface area contributed by atoms with Crippen LogP contribution in [0.25, 0.3) is 33.2 Å². The van der Waals surface area contributed by atoms with Gasteiger partial charge in [0.15, 0.2) is 0 Å². The number of aromatic carboxylic acids is 2. The minimum atomic E-state index is -1.14. The van der Waals surface area contributed by atoms with Gasteiger partial charge in [-0.15, -0.1) is 11.3 Å². The van der Waals surface area contributed by atoms with E-state index in [2.05, 4.69) is 50.2 Å². The van der Waals surface area contributed by atoms with Gasteiger partial charge in [-0.1, -0.05) is 36.4 Å². The van der Waals surface area contributed by atoms with Crippen molar-refractivity contribution in [2.24, 2.45) is 0 Å². The molecule has 0 spiro atoms. The molecule has 0 aliphatic rings. The molecule has 2 N–H and O–H groups in total. The Hall–Kier alpha value is -5.67. The summed E-state index contributed by atoms with van der Waals surface area (Å²) in [5, 5.41) is 20.2. The molecule has 9 heteroatoms. The lowest BCUT2D eigenvalue weighted by Gasteiger charge is -2.23. The molecular formula is C33H22N4O4S. The van der Waals surface area contributed by atoms with E-state index >= 15 is 0 Å². The summed E-state index contributed by atoms with van der Waals surface area (Å²) >= 11 is 1.62. The molecule has 0 atom stereocenters. The van der Waals surface area contributed by atoms with Gasteiger partial charge in [-0.3, -0.25) is 9.97 Å². The maximum absolute atomic E-state index is 12.0. The first-order valence-electron chi connectivity index (χ1n) is 12.9. The number of benzene rings is 2. The van der Waals surface area contributed by atoms with Crippen molar-refractivity contribution in [3.8, 4) is 33.2 Å². The van der Waals surface area contributed by atoms with Crippen LogP contribution in [0.1, 0.15) is 20.7 Å². The highest BCUT2D eigenvalue weighted by molar-refractivity contribution is 7.19. The number of para-hydroxylation sites is 2. The summed E-state index contributed by atoms with van der Waals surface area (Å²) in [5.74, 6) is -2.26. The molecule has 0 aliphatic heterocycles. The van der Waals surface area contributed by atoms with E-state index in [1.54, 1.807) is 17.5 Å². The molecule has 0 bridgehead atoms. The van der Waals surface area contributed by atoms with Crippen molar-refractivity contribution in [1.29, 1.82) is 0 Å². The Balaban J connectivity index is 1.39. The van der Waals surface area contributed by atoms with Crippen LogP contribution >= 0.6 is 11.3 Å². The fraction of sp³-hybridized carbons (Fsp3) is 0. The van der Waals surface area contributed by atoms with Gasteiger partial charge in [0.1, 0.15) is 5.00 Å². The van der Waals surface area contributed by atoms with Gasteiger partial charge in [-0.05, 0) is 78.4 Å². The van der Waals surface area contributed by atoms with Crippen LogP contribution in [-0.4, -0.2) is 37.1 Å². The lowest BCUT2D eigenvalue weighted by Crippen LogP contribution is -2.07. The average Bonchev–Trinajstić information content (AvgIpc) is 3.52. The SMILES string of the molecule is O=C(O)c1ccnc(-c2cc(C(=O)O)cc(-c3cc(-c4ccc(N(c5ccccc5)c5ccccc5)s4)ccn3)n2)c1. The normalized spacial score (nSPS) is 10.8. The third kappa shape index (κ3) is 5.49. The van der Waals surface area contributed by atoms with Gasteiger partial charge in [-0.25, -0.2) is 14.6 Å². The Labute approximate surface area is 244 Å². The number of carbonyl (C=O) groups is 2. The maximum atomic E-state index is 12.0. The van der Waals surface area contributed by atoms with Gasteiger partial charge < -0.3 is 15.1 Å². The monoisotopic (exact) mass is 570 g/mol. The number of carboxylic acids is 2. The van der Waals surface area contributed by atoms with Crippen LogP contribution in [0, 0.1) is 0 Å². The van der Waals surface area contributed by atoms with Crippen molar-refractivity contribution < 1.29 is 19.8 Å². The van der Waals surface area contributed by atoms with Gasteiger partial charge in [0.2, 0.25) is 0 Å². The van der Waals surface area contributed by atoms with E-state index in [1.807, 2.05) is 54.6 Å². The van der Waals surface area contributed by atoms with Crippen LogP contribution in [0.2, 0.25) is 0 Å².